The third-order valence-electron chi connectivity index (χ3n) is 14.4. The molecule has 1 aliphatic carbocycles. The van der Waals surface area contributed by atoms with E-state index in [-0.39, 0.29) is 61.2 Å². The number of rotatable bonds is 6. The quantitative estimate of drug-likeness (QED) is 0.156. The number of aliphatic hydroxyl groups is 3. The zero-order valence-corrected chi connectivity index (χ0v) is 40.6. The number of Topliss-reactive ketones (excluding diaryl/α,β-unsaturated/α-hetero) is 3. The first-order valence-corrected chi connectivity index (χ1v) is 23.9. The van der Waals surface area contributed by atoms with Crippen LogP contribution < -0.4 is 0 Å². The number of hydrogen-bond donors (Lipinski definition) is 3. The predicted octanol–water partition coefficient (Wildman–Crippen LogP) is 6.18. The second kappa shape index (κ2) is 25.1. The van der Waals surface area contributed by atoms with Crippen molar-refractivity contribution in [2.45, 2.75) is 180 Å². The van der Waals surface area contributed by atoms with Crippen molar-refractivity contribution in [1.29, 1.82) is 0 Å². The molecule has 14 heteroatoms. The van der Waals surface area contributed by atoms with Gasteiger partial charge in [0.05, 0.1) is 24.4 Å². The van der Waals surface area contributed by atoms with Gasteiger partial charge in [-0.15, -0.1) is 0 Å². The number of cyclic esters (lactones) is 1. The van der Waals surface area contributed by atoms with Gasteiger partial charge in [-0.05, 0) is 107 Å². The summed E-state index contributed by atoms with van der Waals surface area (Å²) < 4.78 is 29.5. The lowest BCUT2D eigenvalue weighted by Crippen LogP contribution is -2.62. The minimum atomic E-state index is -2.85. The Hall–Kier alpha value is -3.37. The number of allylic oxidation sites excluding steroid dienone is 6. The van der Waals surface area contributed by atoms with Crippen LogP contribution in [0.1, 0.15) is 126 Å². The summed E-state index contributed by atoms with van der Waals surface area (Å²) in [5.41, 5.74) is 1.24. The fraction of sp³-hybridized carbons (Fsp3) is 0.745. The van der Waals surface area contributed by atoms with Gasteiger partial charge in [-0.3, -0.25) is 19.2 Å². The standard InChI is InChI=1S/C51H79NO13/c1-30-16-12-11-13-17-31(2)42(61-8)28-38-21-19-32(3)48(57)51(60,65-38)50(59)52-23-15-14-18-39(52)49(58)64-43(34(5)26-37-20-22-40(53)44(27-37)62-9)29-41(54)33(4)25-36(7)46(56)47(63-10)45(55)35(6)24-30/h11-13,16-17,25,30,32-35,37-40,42-44,46-47,53,56,60H,14-15,18-24,26-29H2,1-10H3/b13-11+,16-12+,31-17+,36-25+/t30-,32-,33-,34-,35+,37+,38?,39?,40+,42?,43+,44-,46-,47+,51?/m1/s1. The van der Waals surface area contributed by atoms with E-state index in [9.17, 15) is 39.3 Å². The summed E-state index contributed by atoms with van der Waals surface area (Å²) in [5.74, 6) is -8.01. The summed E-state index contributed by atoms with van der Waals surface area (Å²) in [6.45, 7) is 12.7. The number of fused-ring (bicyclic) bond motifs is 3. The van der Waals surface area contributed by atoms with E-state index in [1.54, 1.807) is 41.1 Å². The Morgan fingerprint density at radius 1 is 0.831 bits per heavy atom. The minimum Gasteiger partial charge on any atom is -0.460 e. The van der Waals surface area contributed by atoms with Gasteiger partial charge in [0.15, 0.2) is 5.78 Å². The molecule has 15 atom stereocenters. The molecule has 1 saturated carbocycles. The zero-order valence-electron chi connectivity index (χ0n) is 40.6. The predicted molar refractivity (Wildman–Crippen MR) is 245 cm³/mol. The van der Waals surface area contributed by atoms with Crippen molar-refractivity contribution in [2.24, 2.45) is 35.5 Å². The number of piperidine rings is 1. The lowest BCUT2D eigenvalue weighted by Gasteiger charge is -2.40. The normalized spacial score (nSPS) is 40.4. The van der Waals surface area contributed by atoms with E-state index in [1.165, 1.54) is 12.0 Å². The molecule has 3 N–H and O–H groups in total. The van der Waals surface area contributed by atoms with Gasteiger partial charge in [-0.2, -0.15) is 0 Å². The summed E-state index contributed by atoms with van der Waals surface area (Å²) in [7, 11) is 4.51. The van der Waals surface area contributed by atoms with Crippen molar-refractivity contribution in [2.75, 3.05) is 27.9 Å². The SMILES string of the molecule is COC1CC2CC[C@@H](C)C(=O)C(O)(O2)C(=O)N2CCCCC2C(=O)O[C@H]([C@H](C)C[C@@H]2CC[C@H](O)[C@H](OC)C2)CC(=O)[C@H](C)/C=C(\C)[C@@H](O)[C@@H](OC)C(=O)[C@@H](C)C[C@H](C)/C=C/C=C/C=C/1C. The van der Waals surface area contributed by atoms with Crippen LogP contribution in [0.5, 0.6) is 0 Å². The topological polar surface area (TPSA) is 195 Å². The molecule has 3 aliphatic heterocycles. The van der Waals surface area contributed by atoms with Gasteiger partial charge in [-0.25, -0.2) is 4.79 Å². The molecule has 65 heavy (non-hydrogen) atoms. The summed E-state index contributed by atoms with van der Waals surface area (Å²) in [6.07, 6.45) is 10.7. The van der Waals surface area contributed by atoms with Crippen molar-refractivity contribution < 1.29 is 63.0 Å². The molecule has 2 bridgehead atoms. The lowest BCUT2D eigenvalue weighted by molar-refractivity contribution is -0.231. The van der Waals surface area contributed by atoms with E-state index < -0.39 is 83.9 Å². The minimum absolute atomic E-state index is 0.0147. The number of aliphatic hydroxyl groups excluding tert-OH is 2. The molecule has 2 saturated heterocycles. The average molecular weight is 914 g/mol. The Kier molecular flexibility index (Phi) is 21.0. The van der Waals surface area contributed by atoms with Crippen LogP contribution in [0, 0.1) is 35.5 Å². The van der Waals surface area contributed by atoms with Crippen molar-refractivity contribution in [3.63, 3.8) is 0 Å². The van der Waals surface area contributed by atoms with Crippen molar-refractivity contribution in [1.82, 2.24) is 4.90 Å². The molecular weight excluding hydrogens is 835 g/mol. The smallest absolute Gasteiger partial charge is 0.329 e. The highest BCUT2D eigenvalue weighted by molar-refractivity contribution is 6.09. The maximum atomic E-state index is 14.6. The Labute approximate surface area is 387 Å². The van der Waals surface area contributed by atoms with Gasteiger partial charge in [-0.1, -0.05) is 71.1 Å². The largest absolute Gasteiger partial charge is 0.460 e. The Morgan fingerprint density at radius 3 is 2.23 bits per heavy atom. The van der Waals surface area contributed by atoms with Crippen molar-refractivity contribution >= 4 is 29.2 Å². The Bertz CT molecular complexity index is 1760. The number of nitrogens with zero attached hydrogens (tertiary/aromatic N) is 1. The highest BCUT2D eigenvalue weighted by atomic mass is 16.6. The first kappa shape index (κ1) is 54.2. The fourth-order valence-corrected chi connectivity index (χ4v) is 10.1. The first-order valence-electron chi connectivity index (χ1n) is 23.9. The molecule has 0 aromatic carbocycles. The second-order valence-corrected chi connectivity index (χ2v) is 19.6. The Balaban J connectivity index is 1.74. The summed E-state index contributed by atoms with van der Waals surface area (Å²) in [6, 6.07) is -1.16. The van der Waals surface area contributed by atoms with E-state index in [4.69, 9.17) is 23.7 Å². The molecule has 3 heterocycles. The molecule has 1 amide bonds. The Morgan fingerprint density at radius 2 is 1.55 bits per heavy atom. The molecule has 3 fully saturated rings. The molecule has 0 aromatic heterocycles. The van der Waals surface area contributed by atoms with Crippen LogP contribution in [0.3, 0.4) is 0 Å². The van der Waals surface area contributed by atoms with Crippen LogP contribution >= 0.6 is 0 Å². The van der Waals surface area contributed by atoms with Crippen molar-refractivity contribution in [3.05, 3.63) is 47.6 Å². The highest BCUT2D eigenvalue weighted by Gasteiger charge is 2.55. The summed E-state index contributed by atoms with van der Waals surface area (Å²) in [4.78, 5) is 72.1. The third kappa shape index (κ3) is 14.3. The molecule has 366 valence electrons. The van der Waals surface area contributed by atoms with Crippen LogP contribution in [-0.2, 0) is 47.7 Å². The number of hydrogen-bond acceptors (Lipinski definition) is 13. The van der Waals surface area contributed by atoms with Crippen LogP contribution in [0.25, 0.3) is 0 Å². The fourth-order valence-electron chi connectivity index (χ4n) is 10.1. The van der Waals surface area contributed by atoms with E-state index in [0.29, 0.717) is 56.9 Å². The number of esters is 1. The van der Waals surface area contributed by atoms with E-state index >= 15 is 0 Å². The van der Waals surface area contributed by atoms with Crippen LogP contribution in [-0.4, -0.2) is 132 Å². The molecule has 4 aliphatic rings. The molecule has 0 spiro atoms. The van der Waals surface area contributed by atoms with Crippen LogP contribution in [0.15, 0.2) is 47.6 Å². The molecule has 4 unspecified atom stereocenters. The molecule has 4 rings (SSSR count). The molecule has 0 aromatic rings. The number of amides is 1. The lowest BCUT2D eigenvalue weighted by atomic mass is 9.78. The van der Waals surface area contributed by atoms with E-state index in [0.717, 1.165) is 12.0 Å². The van der Waals surface area contributed by atoms with Crippen LogP contribution in [0.2, 0.25) is 0 Å². The zero-order chi connectivity index (χ0) is 48.2. The summed E-state index contributed by atoms with van der Waals surface area (Å²) in [5, 5.41) is 34.1. The maximum absolute atomic E-state index is 14.6. The summed E-state index contributed by atoms with van der Waals surface area (Å²) >= 11 is 0. The number of ether oxygens (including phenoxy) is 5. The van der Waals surface area contributed by atoms with Gasteiger partial charge in [0, 0.05) is 58.5 Å². The number of carbonyl (C=O) groups excluding carboxylic acids is 5. The van der Waals surface area contributed by atoms with Gasteiger partial charge >= 0.3 is 11.8 Å². The average Bonchev–Trinajstić information content (AvgIpc) is 3.39. The molecule has 0 radical (unpaired) electrons. The monoisotopic (exact) mass is 914 g/mol. The van der Waals surface area contributed by atoms with Crippen LogP contribution in [0.4, 0.5) is 0 Å². The third-order valence-corrected chi connectivity index (χ3v) is 14.4. The number of ketones is 3. The number of methoxy groups -OCH3 is 3. The molecular formula is C51H79NO13. The maximum Gasteiger partial charge on any atom is 0.329 e. The van der Waals surface area contributed by atoms with Gasteiger partial charge < -0.3 is 43.9 Å². The second-order valence-electron chi connectivity index (χ2n) is 19.6. The number of carbonyl (C=O) groups is 5. The van der Waals surface area contributed by atoms with Gasteiger partial charge in [0.25, 0.3) is 5.91 Å². The first-order chi connectivity index (χ1) is 30.7. The van der Waals surface area contributed by atoms with Gasteiger partial charge in [0.1, 0.15) is 30.1 Å². The van der Waals surface area contributed by atoms with E-state index in [2.05, 4.69) is 0 Å². The van der Waals surface area contributed by atoms with E-state index in [1.807, 2.05) is 58.1 Å². The molecule has 14 nitrogen and oxygen atoms in total. The highest BCUT2D eigenvalue weighted by Crippen LogP contribution is 2.36. The van der Waals surface area contributed by atoms with Gasteiger partial charge in [0.2, 0.25) is 5.78 Å². The van der Waals surface area contributed by atoms with Crippen molar-refractivity contribution in [3.8, 4) is 0 Å².